The third kappa shape index (κ3) is 3.26. The Kier molecular flexibility index (Phi) is 7.43. The van der Waals surface area contributed by atoms with Gasteiger partial charge < -0.3 is 5.48 Å². The summed E-state index contributed by atoms with van der Waals surface area (Å²) in [5.74, 6) is 0. The second-order valence-electron chi connectivity index (χ2n) is 0.907. The summed E-state index contributed by atoms with van der Waals surface area (Å²) in [7, 11) is 0. The van der Waals surface area contributed by atoms with Crippen LogP contribution >= 0.6 is 11.8 Å². The van der Waals surface area contributed by atoms with Crippen molar-refractivity contribution in [1.82, 2.24) is 9.07 Å². The number of rotatable bonds is 0. The first-order chi connectivity index (χ1) is 2.89. The van der Waals surface area contributed by atoms with Gasteiger partial charge >= 0.3 is 23.1 Å². The molecule has 44 valence electrons. The SMILES string of the molecule is Cln1ccnc1.O.[MgH2]. The molecule has 0 atom stereocenters. The van der Waals surface area contributed by atoms with Crippen LogP contribution in [0.4, 0.5) is 0 Å². The molecule has 0 saturated heterocycles. The lowest BCUT2D eigenvalue weighted by molar-refractivity contribution is 0.824. The molecular formula is C3H7ClMgN2O. The molecule has 0 aromatic carbocycles. The maximum atomic E-state index is 5.31. The van der Waals surface area contributed by atoms with Crippen LogP contribution in [0.25, 0.3) is 0 Å². The first-order valence-electron chi connectivity index (χ1n) is 1.54. The molecule has 1 aromatic rings. The van der Waals surface area contributed by atoms with Crippen molar-refractivity contribution in [1.29, 1.82) is 0 Å². The quantitative estimate of drug-likeness (QED) is 0.440. The highest BCUT2D eigenvalue weighted by molar-refractivity contribution is 6.15. The number of aromatic nitrogens is 2. The topological polar surface area (TPSA) is 49.3 Å². The molecule has 3 nitrogen and oxygen atoms in total. The molecule has 2 N–H and O–H groups in total. The summed E-state index contributed by atoms with van der Waals surface area (Å²) >= 11 is 5.31. The average Bonchev–Trinajstić information content (AvgIpc) is 1.86. The van der Waals surface area contributed by atoms with Crippen LogP contribution in [-0.2, 0) is 0 Å². The van der Waals surface area contributed by atoms with E-state index in [2.05, 4.69) is 4.98 Å². The van der Waals surface area contributed by atoms with Crippen molar-refractivity contribution in [2.75, 3.05) is 0 Å². The molecule has 0 bridgehead atoms. The third-order valence-electron chi connectivity index (χ3n) is 0.472. The van der Waals surface area contributed by atoms with Gasteiger partial charge in [0.05, 0.1) is 0 Å². The van der Waals surface area contributed by atoms with E-state index in [1.807, 2.05) is 0 Å². The van der Waals surface area contributed by atoms with Gasteiger partial charge in [0.15, 0.2) is 0 Å². The highest BCUT2D eigenvalue weighted by Gasteiger charge is 1.72. The smallest absolute Gasteiger partial charge is 0.316 e. The molecule has 0 aliphatic carbocycles. The van der Waals surface area contributed by atoms with Crippen LogP contribution in [0.2, 0.25) is 0 Å². The summed E-state index contributed by atoms with van der Waals surface area (Å²) in [6.45, 7) is 0. The standard InChI is InChI=1S/C3H3ClN2.Mg.H2O.2H/c4-6-2-1-5-3-6;;;;/h1-3H;;1H2;;. The molecule has 0 aliphatic rings. The lowest BCUT2D eigenvalue weighted by Crippen LogP contribution is -1.64. The molecule has 1 heterocycles. The average molecular weight is 147 g/mol. The number of nitrogens with zero attached hydrogens (tertiary/aromatic N) is 2. The Hall–Kier alpha value is 0.226. The Balaban J connectivity index is 0. The van der Waals surface area contributed by atoms with Crippen LogP contribution in [0.1, 0.15) is 0 Å². The summed E-state index contributed by atoms with van der Waals surface area (Å²) in [6.07, 6.45) is 4.79. The van der Waals surface area contributed by atoms with Crippen molar-refractivity contribution >= 4 is 34.8 Å². The lowest BCUT2D eigenvalue weighted by Gasteiger charge is -1.71. The fourth-order valence-electron chi connectivity index (χ4n) is 0.243. The van der Waals surface area contributed by atoms with E-state index in [1.165, 1.54) is 10.4 Å². The van der Waals surface area contributed by atoms with Crippen molar-refractivity contribution in [2.24, 2.45) is 0 Å². The van der Waals surface area contributed by atoms with Gasteiger partial charge in [0.1, 0.15) is 6.33 Å². The van der Waals surface area contributed by atoms with E-state index in [1.54, 1.807) is 12.4 Å². The molecule has 1 rings (SSSR count). The summed E-state index contributed by atoms with van der Waals surface area (Å²) < 4.78 is 1.36. The largest absolute Gasteiger partial charge is 0.412 e. The molecule has 0 amide bonds. The van der Waals surface area contributed by atoms with Gasteiger partial charge in [-0.3, -0.25) is 0 Å². The zero-order valence-electron chi connectivity index (χ0n) is 3.50. The molecule has 1 aromatic heterocycles. The third-order valence-corrected chi connectivity index (χ3v) is 0.672. The highest BCUT2D eigenvalue weighted by Crippen LogP contribution is 1.83. The van der Waals surface area contributed by atoms with Crippen LogP contribution in [0, 0.1) is 0 Å². The van der Waals surface area contributed by atoms with Crippen LogP contribution in [-0.4, -0.2) is 37.6 Å². The zero-order valence-corrected chi connectivity index (χ0v) is 4.26. The second kappa shape index (κ2) is 5.36. The van der Waals surface area contributed by atoms with Crippen molar-refractivity contribution in [3.8, 4) is 0 Å². The van der Waals surface area contributed by atoms with E-state index in [0.29, 0.717) is 0 Å². The second-order valence-corrected chi connectivity index (χ2v) is 1.30. The van der Waals surface area contributed by atoms with E-state index >= 15 is 0 Å². The molecule has 8 heavy (non-hydrogen) atoms. The van der Waals surface area contributed by atoms with Gasteiger partial charge in [-0.15, -0.1) is 0 Å². The van der Waals surface area contributed by atoms with Crippen molar-refractivity contribution in [2.45, 2.75) is 0 Å². The van der Waals surface area contributed by atoms with Crippen LogP contribution in [0.5, 0.6) is 0 Å². The van der Waals surface area contributed by atoms with Crippen LogP contribution in [0.15, 0.2) is 18.7 Å². The first-order valence-corrected chi connectivity index (χ1v) is 1.87. The Morgan fingerprint density at radius 3 is 2.25 bits per heavy atom. The predicted molar refractivity (Wildman–Crippen MR) is 35.6 cm³/mol. The molecule has 0 spiro atoms. The minimum Gasteiger partial charge on any atom is -0.412 e. The molecule has 0 saturated carbocycles. The molecule has 0 aliphatic heterocycles. The van der Waals surface area contributed by atoms with E-state index in [9.17, 15) is 0 Å². The van der Waals surface area contributed by atoms with Crippen molar-refractivity contribution in [3.63, 3.8) is 0 Å². The van der Waals surface area contributed by atoms with Gasteiger partial charge in [0.25, 0.3) is 0 Å². The Morgan fingerprint density at radius 1 is 1.50 bits per heavy atom. The van der Waals surface area contributed by atoms with E-state index in [4.69, 9.17) is 11.8 Å². The predicted octanol–water partition coefficient (Wildman–Crippen LogP) is -0.856. The molecule has 5 heteroatoms. The number of imidazole rings is 1. The van der Waals surface area contributed by atoms with Gasteiger partial charge in [-0.2, -0.15) is 0 Å². The normalized spacial score (nSPS) is 6.62. The first kappa shape index (κ1) is 11.1. The minimum atomic E-state index is 0. The Bertz CT molecular complexity index is 121. The molecular weight excluding hydrogens is 140 g/mol. The van der Waals surface area contributed by atoms with Gasteiger partial charge in [-0.05, 0) is 0 Å². The van der Waals surface area contributed by atoms with E-state index < -0.39 is 0 Å². The number of halogens is 1. The van der Waals surface area contributed by atoms with E-state index in [0.717, 1.165) is 0 Å². The Labute approximate surface area is 68.2 Å². The van der Waals surface area contributed by atoms with E-state index in [-0.39, 0.29) is 28.5 Å². The minimum absolute atomic E-state index is 0. The summed E-state index contributed by atoms with van der Waals surface area (Å²) in [5, 5.41) is 0. The van der Waals surface area contributed by atoms with Crippen molar-refractivity contribution in [3.05, 3.63) is 18.7 Å². The molecule has 0 unspecified atom stereocenters. The molecule has 0 radical (unpaired) electrons. The summed E-state index contributed by atoms with van der Waals surface area (Å²) in [6, 6.07) is 0. The summed E-state index contributed by atoms with van der Waals surface area (Å²) in [5.41, 5.74) is 0. The monoisotopic (exact) mass is 146 g/mol. The maximum Gasteiger partial charge on any atom is 0.316 e. The van der Waals surface area contributed by atoms with Gasteiger partial charge in [0.2, 0.25) is 0 Å². The zero-order chi connectivity index (χ0) is 4.41. The van der Waals surface area contributed by atoms with Crippen LogP contribution in [0.3, 0.4) is 0 Å². The fourth-order valence-corrected chi connectivity index (χ4v) is 0.344. The van der Waals surface area contributed by atoms with Crippen molar-refractivity contribution < 1.29 is 5.48 Å². The summed E-state index contributed by atoms with van der Waals surface area (Å²) in [4.78, 5) is 3.65. The highest BCUT2D eigenvalue weighted by atomic mass is 35.5. The number of hydrogen-bond acceptors (Lipinski definition) is 1. The fraction of sp³-hybridized carbons (Fsp3) is 0. The maximum absolute atomic E-state index is 5.31. The van der Waals surface area contributed by atoms with Gasteiger partial charge in [0, 0.05) is 24.2 Å². The lowest BCUT2D eigenvalue weighted by atomic mass is 11.0. The molecule has 0 fully saturated rings. The van der Waals surface area contributed by atoms with Gasteiger partial charge in [-0.25, -0.2) is 9.07 Å². The number of hydrogen-bond donors (Lipinski definition) is 0. The Morgan fingerprint density at radius 2 is 2.12 bits per heavy atom. The van der Waals surface area contributed by atoms with Crippen LogP contribution < -0.4 is 0 Å². The van der Waals surface area contributed by atoms with Gasteiger partial charge in [-0.1, -0.05) is 0 Å².